The predicted molar refractivity (Wildman–Crippen MR) is 77.1 cm³/mol. The van der Waals surface area contributed by atoms with Crippen LogP contribution < -0.4 is 10.6 Å². The molecule has 1 amide bonds. The monoisotopic (exact) mass is 263 g/mol. The number of carbonyl (C=O) groups excluding carboxylic acids is 1. The summed E-state index contributed by atoms with van der Waals surface area (Å²) in [6, 6.07) is 0.456. The Balaban J connectivity index is 2.13. The van der Waals surface area contributed by atoms with Crippen LogP contribution in [-0.2, 0) is 17.8 Å². The van der Waals surface area contributed by atoms with Crippen molar-refractivity contribution >= 4 is 5.91 Å². The van der Waals surface area contributed by atoms with Crippen LogP contribution in [0.4, 0.5) is 0 Å². The van der Waals surface area contributed by atoms with Gasteiger partial charge in [-0.15, -0.1) is 0 Å². The number of rotatable bonds is 5. The number of nitrogens with zero attached hydrogens (tertiary/aromatic N) is 1. The number of aromatic nitrogens is 1. The lowest BCUT2D eigenvalue weighted by molar-refractivity contribution is -0.121. The minimum atomic E-state index is 0.0904. The van der Waals surface area contributed by atoms with Crippen LogP contribution in [0.1, 0.15) is 50.3 Å². The van der Waals surface area contributed by atoms with Crippen molar-refractivity contribution < 1.29 is 4.79 Å². The van der Waals surface area contributed by atoms with Gasteiger partial charge in [0.25, 0.3) is 0 Å². The number of fused-ring (bicyclic) bond motifs is 1. The lowest BCUT2D eigenvalue weighted by atomic mass is 10.0. The maximum Gasteiger partial charge on any atom is 0.239 e. The third kappa shape index (κ3) is 3.60. The van der Waals surface area contributed by atoms with Crippen molar-refractivity contribution in [1.29, 1.82) is 0 Å². The summed E-state index contributed by atoms with van der Waals surface area (Å²) in [6.07, 6.45) is 9.18. The molecule has 0 saturated carbocycles. The molecular formula is C15H25N3O. The molecule has 2 rings (SSSR count). The van der Waals surface area contributed by atoms with E-state index in [1.807, 2.05) is 11.5 Å². The Kier molecular flexibility index (Phi) is 5.02. The Morgan fingerprint density at radius 2 is 2.16 bits per heavy atom. The molecule has 1 aliphatic carbocycles. The van der Waals surface area contributed by atoms with Crippen molar-refractivity contribution in [3.63, 3.8) is 0 Å². The summed E-state index contributed by atoms with van der Waals surface area (Å²) in [5, 5.41) is 6.41. The van der Waals surface area contributed by atoms with Crippen molar-refractivity contribution in [2.75, 3.05) is 13.1 Å². The first kappa shape index (κ1) is 14.1. The van der Waals surface area contributed by atoms with E-state index in [1.54, 1.807) is 0 Å². The lowest BCUT2D eigenvalue weighted by Gasteiger charge is -2.15. The Morgan fingerprint density at radius 1 is 1.32 bits per heavy atom. The van der Waals surface area contributed by atoms with Crippen LogP contribution in [0.3, 0.4) is 0 Å². The van der Waals surface area contributed by atoms with Crippen LogP contribution in [-0.4, -0.2) is 23.6 Å². The normalized spacial score (nSPS) is 18.7. The van der Waals surface area contributed by atoms with Crippen LogP contribution >= 0.6 is 0 Å². The quantitative estimate of drug-likeness (QED) is 0.798. The Labute approximate surface area is 115 Å². The molecule has 2 N–H and O–H groups in total. The van der Waals surface area contributed by atoms with Crippen LogP contribution in [0.5, 0.6) is 0 Å². The molecule has 1 heterocycles. The predicted octanol–water partition coefficient (Wildman–Crippen LogP) is 2.00. The van der Waals surface area contributed by atoms with Crippen LogP contribution in [0, 0.1) is 0 Å². The van der Waals surface area contributed by atoms with E-state index in [1.165, 1.54) is 30.4 Å². The number of likely N-dealkylation sites (N-methyl/N-ethyl adjacent to an activating group) is 1. The van der Waals surface area contributed by atoms with Crippen molar-refractivity contribution in [2.24, 2.45) is 0 Å². The summed E-state index contributed by atoms with van der Waals surface area (Å²) in [4.78, 5) is 11.7. The number of carbonyl (C=O) groups is 1. The summed E-state index contributed by atoms with van der Waals surface area (Å²) >= 11 is 0. The molecule has 4 heteroatoms. The SMILES string of the molecule is CCNC(=O)Cn1cc2c(c1)C(NCC)CCCC2. The molecule has 0 bridgehead atoms. The van der Waals surface area contributed by atoms with E-state index < -0.39 is 0 Å². The van der Waals surface area contributed by atoms with Gasteiger partial charge in [0, 0.05) is 25.0 Å². The highest BCUT2D eigenvalue weighted by molar-refractivity contribution is 5.75. The summed E-state index contributed by atoms with van der Waals surface area (Å²) in [6.45, 7) is 6.21. The van der Waals surface area contributed by atoms with Gasteiger partial charge in [0.05, 0.1) is 0 Å². The highest BCUT2D eigenvalue weighted by Crippen LogP contribution is 2.29. The Hall–Kier alpha value is -1.29. The average Bonchev–Trinajstić information content (AvgIpc) is 2.67. The fourth-order valence-electron chi connectivity index (χ4n) is 2.88. The molecule has 0 saturated heterocycles. The molecule has 4 nitrogen and oxygen atoms in total. The molecule has 0 spiro atoms. The van der Waals surface area contributed by atoms with E-state index in [0.29, 0.717) is 19.1 Å². The minimum Gasteiger partial charge on any atom is -0.355 e. The molecule has 0 aromatic carbocycles. The number of hydrogen-bond acceptors (Lipinski definition) is 2. The van der Waals surface area contributed by atoms with Gasteiger partial charge in [-0.3, -0.25) is 4.79 Å². The highest BCUT2D eigenvalue weighted by Gasteiger charge is 2.20. The van der Waals surface area contributed by atoms with Gasteiger partial charge in [0.2, 0.25) is 5.91 Å². The second-order valence-electron chi connectivity index (χ2n) is 5.22. The van der Waals surface area contributed by atoms with Crippen LogP contribution in [0.25, 0.3) is 0 Å². The second kappa shape index (κ2) is 6.75. The molecule has 1 atom stereocenters. The van der Waals surface area contributed by atoms with Gasteiger partial charge < -0.3 is 15.2 Å². The smallest absolute Gasteiger partial charge is 0.239 e. The number of nitrogens with one attached hydrogen (secondary N) is 2. The second-order valence-corrected chi connectivity index (χ2v) is 5.22. The van der Waals surface area contributed by atoms with E-state index in [0.717, 1.165) is 13.0 Å². The molecular weight excluding hydrogens is 238 g/mol. The molecule has 19 heavy (non-hydrogen) atoms. The van der Waals surface area contributed by atoms with Gasteiger partial charge in [-0.05, 0) is 43.9 Å². The molecule has 0 aliphatic heterocycles. The fourth-order valence-corrected chi connectivity index (χ4v) is 2.88. The first-order valence-corrected chi connectivity index (χ1v) is 7.43. The van der Waals surface area contributed by atoms with Crippen LogP contribution in [0.15, 0.2) is 12.4 Å². The summed E-state index contributed by atoms with van der Waals surface area (Å²) < 4.78 is 2.03. The molecule has 0 radical (unpaired) electrons. The van der Waals surface area contributed by atoms with Crippen molar-refractivity contribution in [1.82, 2.24) is 15.2 Å². The minimum absolute atomic E-state index is 0.0904. The van der Waals surface area contributed by atoms with Gasteiger partial charge in [-0.25, -0.2) is 0 Å². The van der Waals surface area contributed by atoms with Gasteiger partial charge in [0.1, 0.15) is 6.54 Å². The standard InChI is InChI=1S/C15H25N3O/c1-3-16-14-8-6-5-7-12-9-18(10-13(12)14)11-15(19)17-4-2/h9-10,14,16H,3-8,11H2,1-2H3,(H,17,19). The van der Waals surface area contributed by atoms with E-state index in [2.05, 4.69) is 30.0 Å². The Bertz CT molecular complexity index is 425. The van der Waals surface area contributed by atoms with Gasteiger partial charge in [0.15, 0.2) is 0 Å². The molecule has 0 fully saturated rings. The highest BCUT2D eigenvalue weighted by atomic mass is 16.1. The summed E-state index contributed by atoms with van der Waals surface area (Å²) in [5.41, 5.74) is 2.80. The van der Waals surface area contributed by atoms with Crippen molar-refractivity contribution in [3.8, 4) is 0 Å². The molecule has 106 valence electrons. The van der Waals surface area contributed by atoms with Gasteiger partial charge in [-0.2, -0.15) is 0 Å². The molecule has 1 aromatic heterocycles. The van der Waals surface area contributed by atoms with Gasteiger partial charge in [-0.1, -0.05) is 13.3 Å². The lowest BCUT2D eigenvalue weighted by Crippen LogP contribution is -2.26. The van der Waals surface area contributed by atoms with E-state index in [9.17, 15) is 4.79 Å². The van der Waals surface area contributed by atoms with Gasteiger partial charge >= 0.3 is 0 Å². The van der Waals surface area contributed by atoms with Crippen molar-refractivity contribution in [3.05, 3.63) is 23.5 Å². The third-order valence-electron chi connectivity index (χ3n) is 3.71. The van der Waals surface area contributed by atoms with E-state index >= 15 is 0 Å². The maximum absolute atomic E-state index is 11.7. The summed E-state index contributed by atoms with van der Waals surface area (Å²) in [5.74, 6) is 0.0904. The third-order valence-corrected chi connectivity index (χ3v) is 3.71. The molecule has 1 unspecified atom stereocenters. The zero-order valence-corrected chi connectivity index (χ0v) is 12.0. The number of hydrogen-bond donors (Lipinski definition) is 2. The topological polar surface area (TPSA) is 46.1 Å². The first-order chi connectivity index (χ1) is 9.24. The average molecular weight is 263 g/mol. The van der Waals surface area contributed by atoms with E-state index in [4.69, 9.17) is 0 Å². The fraction of sp³-hybridized carbons (Fsp3) is 0.667. The number of amides is 1. The largest absolute Gasteiger partial charge is 0.355 e. The Morgan fingerprint density at radius 3 is 2.89 bits per heavy atom. The zero-order chi connectivity index (χ0) is 13.7. The van der Waals surface area contributed by atoms with Crippen LogP contribution in [0.2, 0.25) is 0 Å². The first-order valence-electron chi connectivity index (χ1n) is 7.43. The zero-order valence-electron chi connectivity index (χ0n) is 12.0. The van der Waals surface area contributed by atoms with E-state index in [-0.39, 0.29) is 5.91 Å². The molecule has 1 aliphatic rings. The van der Waals surface area contributed by atoms with Crippen molar-refractivity contribution in [2.45, 2.75) is 52.1 Å². The maximum atomic E-state index is 11.7. The molecule has 1 aromatic rings. The number of aryl methyl sites for hydroxylation is 1. The summed E-state index contributed by atoms with van der Waals surface area (Å²) in [7, 11) is 0.